The fourth-order valence-electron chi connectivity index (χ4n) is 2.97. The van der Waals surface area contributed by atoms with Crippen LogP contribution in [0.2, 0.25) is 0 Å². The summed E-state index contributed by atoms with van der Waals surface area (Å²) in [7, 11) is 0.279. The van der Waals surface area contributed by atoms with Crippen molar-refractivity contribution in [3.05, 3.63) is 23.8 Å². The Morgan fingerprint density at radius 1 is 1.45 bits per heavy atom. The van der Waals surface area contributed by atoms with Crippen molar-refractivity contribution in [1.82, 2.24) is 4.90 Å². The monoisotopic (exact) mass is 298 g/mol. The highest BCUT2D eigenvalue weighted by Gasteiger charge is 2.34. The second kappa shape index (κ2) is 5.71. The summed E-state index contributed by atoms with van der Waals surface area (Å²) in [5.41, 5.74) is 6.51. The summed E-state index contributed by atoms with van der Waals surface area (Å²) in [5, 5.41) is 0. The third-order valence-electron chi connectivity index (χ3n) is 3.95. The van der Waals surface area contributed by atoms with Crippen molar-refractivity contribution in [1.29, 1.82) is 0 Å². The fraction of sp³-hybridized carbons (Fsp3) is 0.571. The molecule has 1 saturated heterocycles. The van der Waals surface area contributed by atoms with Crippen LogP contribution >= 0.6 is 0 Å². The molecule has 1 fully saturated rings. The van der Waals surface area contributed by atoms with Gasteiger partial charge in [0.15, 0.2) is 9.84 Å². The quantitative estimate of drug-likeness (QED) is 0.899. The molecular weight excluding hydrogens is 276 g/mol. The van der Waals surface area contributed by atoms with Gasteiger partial charge in [-0.05, 0) is 38.1 Å². The highest BCUT2D eigenvalue weighted by Crippen LogP contribution is 2.41. The van der Waals surface area contributed by atoms with Gasteiger partial charge in [0.25, 0.3) is 0 Å². The van der Waals surface area contributed by atoms with Crippen LogP contribution in [-0.2, 0) is 9.84 Å². The number of sulfone groups is 1. The van der Waals surface area contributed by atoms with Crippen molar-refractivity contribution >= 4 is 9.84 Å². The number of nitrogens with zero attached hydrogens (tertiary/aromatic N) is 1. The van der Waals surface area contributed by atoms with Gasteiger partial charge in [0.2, 0.25) is 0 Å². The van der Waals surface area contributed by atoms with Gasteiger partial charge >= 0.3 is 0 Å². The first kappa shape index (κ1) is 15.3. The maximum absolute atomic E-state index is 12.0. The highest BCUT2D eigenvalue weighted by atomic mass is 32.2. The molecule has 5 nitrogen and oxygen atoms in total. The molecule has 2 rings (SSSR count). The minimum absolute atomic E-state index is 0.0319. The van der Waals surface area contributed by atoms with E-state index in [1.807, 2.05) is 13.1 Å². The Labute approximate surface area is 120 Å². The number of hydrogen-bond acceptors (Lipinski definition) is 5. The second-order valence-electron chi connectivity index (χ2n) is 5.44. The Bertz CT molecular complexity index is 586. The third-order valence-corrected chi connectivity index (χ3v) is 5.10. The van der Waals surface area contributed by atoms with E-state index in [1.54, 1.807) is 19.2 Å². The Hall–Kier alpha value is -1.11. The van der Waals surface area contributed by atoms with Crippen LogP contribution in [0.25, 0.3) is 0 Å². The summed E-state index contributed by atoms with van der Waals surface area (Å²) >= 11 is 0. The zero-order valence-electron chi connectivity index (χ0n) is 12.2. The third kappa shape index (κ3) is 2.82. The van der Waals surface area contributed by atoms with Crippen LogP contribution in [0.4, 0.5) is 0 Å². The molecule has 0 spiro atoms. The van der Waals surface area contributed by atoms with Crippen molar-refractivity contribution in [3.8, 4) is 5.75 Å². The maximum atomic E-state index is 12.0. The van der Waals surface area contributed by atoms with E-state index in [9.17, 15) is 8.42 Å². The molecule has 0 saturated carbocycles. The molecule has 1 aromatic carbocycles. The van der Waals surface area contributed by atoms with E-state index in [1.165, 1.54) is 6.26 Å². The number of nitrogens with two attached hydrogens (primary N) is 1. The molecule has 1 aromatic rings. The van der Waals surface area contributed by atoms with Gasteiger partial charge in [0, 0.05) is 24.4 Å². The normalized spacial score (nSPS) is 24.0. The topological polar surface area (TPSA) is 72.6 Å². The SMILES string of the molecule is COc1cccc(S(C)(=O)=O)c1C1CC(CN)CN1C. The number of rotatable bonds is 4. The first-order valence-electron chi connectivity index (χ1n) is 6.65. The fourth-order valence-corrected chi connectivity index (χ4v) is 3.93. The predicted molar refractivity (Wildman–Crippen MR) is 78.6 cm³/mol. The number of ether oxygens (including phenoxy) is 1. The van der Waals surface area contributed by atoms with E-state index in [2.05, 4.69) is 4.90 Å². The van der Waals surface area contributed by atoms with Gasteiger partial charge < -0.3 is 10.5 Å². The van der Waals surface area contributed by atoms with Gasteiger partial charge in [-0.15, -0.1) is 0 Å². The lowest BCUT2D eigenvalue weighted by molar-refractivity contribution is 0.299. The van der Waals surface area contributed by atoms with Crippen LogP contribution < -0.4 is 10.5 Å². The van der Waals surface area contributed by atoms with E-state index in [-0.39, 0.29) is 6.04 Å². The van der Waals surface area contributed by atoms with E-state index in [4.69, 9.17) is 10.5 Å². The van der Waals surface area contributed by atoms with Crippen molar-refractivity contribution in [2.24, 2.45) is 11.7 Å². The summed E-state index contributed by atoms with van der Waals surface area (Å²) in [6.45, 7) is 1.49. The van der Waals surface area contributed by atoms with Crippen LogP contribution in [0.5, 0.6) is 5.75 Å². The smallest absolute Gasteiger partial charge is 0.175 e. The van der Waals surface area contributed by atoms with E-state index in [0.717, 1.165) is 18.5 Å². The molecule has 1 heterocycles. The molecule has 0 radical (unpaired) electrons. The molecule has 1 aliphatic rings. The van der Waals surface area contributed by atoms with Gasteiger partial charge in [-0.1, -0.05) is 6.07 Å². The van der Waals surface area contributed by atoms with Gasteiger partial charge in [-0.25, -0.2) is 8.42 Å². The summed E-state index contributed by atoms with van der Waals surface area (Å²) in [6.07, 6.45) is 2.09. The molecule has 1 aliphatic heterocycles. The van der Waals surface area contributed by atoms with Gasteiger partial charge in [0.1, 0.15) is 5.75 Å². The lowest BCUT2D eigenvalue weighted by Crippen LogP contribution is -2.22. The van der Waals surface area contributed by atoms with E-state index < -0.39 is 9.84 Å². The molecule has 112 valence electrons. The zero-order chi connectivity index (χ0) is 14.9. The zero-order valence-corrected chi connectivity index (χ0v) is 13.0. The van der Waals surface area contributed by atoms with Crippen LogP contribution in [0.3, 0.4) is 0 Å². The van der Waals surface area contributed by atoms with Gasteiger partial charge in [0.05, 0.1) is 12.0 Å². The minimum Gasteiger partial charge on any atom is -0.496 e. The van der Waals surface area contributed by atoms with Crippen LogP contribution in [0.15, 0.2) is 23.1 Å². The molecule has 20 heavy (non-hydrogen) atoms. The van der Waals surface area contributed by atoms with Crippen molar-refractivity contribution in [2.75, 3.05) is 33.5 Å². The molecule has 0 bridgehead atoms. The van der Waals surface area contributed by atoms with Gasteiger partial charge in [-0.3, -0.25) is 4.90 Å². The minimum atomic E-state index is -3.29. The Kier molecular flexibility index (Phi) is 4.36. The number of methoxy groups -OCH3 is 1. The van der Waals surface area contributed by atoms with E-state index in [0.29, 0.717) is 23.1 Å². The largest absolute Gasteiger partial charge is 0.496 e. The lowest BCUT2D eigenvalue weighted by Gasteiger charge is -2.24. The van der Waals surface area contributed by atoms with Crippen molar-refractivity contribution in [2.45, 2.75) is 17.4 Å². The molecule has 0 amide bonds. The lowest BCUT2D eigenvalue weighted by atomic mass is 9.99. The summed E-state index contributed by atoms with van der Waals surface area (Å²) in [4.78, 5) is 2.51. The van der Waals surface area contributed by atoms with Crippen LogP contribution in [0.1, 0.15) is 18.0 Å². The predicted octanol–water partition coefficient (Wildman–Crippen LogP) is 1.05. The van der Waals surface area contributed by atoms with Crippen LogP contribution in [-0.4, -0.2) is 46.8 Å². The molecule has 0 aliphatic carbocycles. The maximum Gasteiger partial charge on any atom is 0.175 e. The molecule has 2 N–H and O–H groups in total. The van der Waals surface area contributed by atoms with Crippen LogP contribution in [0, 0.1) is 5.92 Å². The number of hydrogen-bond donors (Lipinski definition) is 1. The molecule has 0 aromatic heterocycles. The van der Waals surface area contributed by atoms with E-state index >= 15 is 0 Å². The Morgan fingerprint density at radius 2 is 2.15 bits per heavy atom. The first-order valence-corrected chi connectivity index (χ1v) is 8.55. The highest BCUT2D eigenvalue weighted by molar-refractivity contribution is 7.90. The summed E-state index contributed by atoms with van der Waals surface area (Å²) < 4.78 is 29.5. The second-order valence-corrected chi connectivity index (χ2v) is 7.42. The molecule has 2 atom stereocenters. The molecule has 6 heteroatoms. The number of likely N-dealkylation sites (tertiary alicyclic amines) is 1. The first-order chi connectivity index (χ1) is 9.38. The molecular formula is C14H22N2O3S. The van der Waals surface area contributed by atoms with Gasteiger partial charge in [-0.2, -0.15) is 0 Å². The summed E-state index contributed by atoms with van der Waals surface area (Å²) in [5.74, 6) is 1.02. The van der Waals surface area contributed by atoms with Crippen molar-refractivity contribution in [3.63, 3.8) is 0 Å². The average molecular weight is 298 g/mol. The Morgan fingerprint density at radius 3 is 2.65 bits per heavy atom. The Balaban J connectivity index is 2.55. The molecule has 2 unspecified atom stereocenters. The summed E-state index contributed by atoms with van der Waals surface area (Å²) in [6, 6.07) is 5.21. The average Bonchev–Trinajstić information content (AvgIpc) is 2.77. The number of benzene rings is 1. The van der Waals surface area contributed by atoms with Crippen molar-refractivity contribution < 1.29 is 13.2 Å². The standard InChI is InChI=1S/C14H22N2O3S/c1-16-9-10(8-15)7-11(16)14-12(19-2)5-4-6-13(14)20(3,17)18/h4-6,10-11H,7-9,15H2,1-3H3.